The molecular formula is C22H18BrClN2O4. The Bertz CT molecular complexity index is 1030. The van der Waals surface area contributed by atoms with Crippen molar-refractivity contribution in [2.45, 2.75) is 17.4 Å². The topological polar surface area (TPSA) is 84.5 Å². The summed E-state index contributed by atoms with van der Waals surface area (Å²) in [5, 5.41) is 6.29. The van der Waals surface area contributed by atoms with Crippen molar-refractivity contribution in [2.24, 2.45) is 23.7 Å². The maximum Gasteiger partial charge on any atom is 0.310 e. The molecule has 1 saturated heterocycles. The van der Waals surface area contributed by atoms with E-state index in [4.69, 9.17) is 16.3 Å². The molecule has 2 amide bonds. The van der Waals surface area contributed by atoms with Gasteiger partial charge < -0.3 is 15.4 Å². The smallest absolute Gasteiger partial charge is 0.310 e. The van der Waals surface area contributed by atoms with E-state index in [9.17, 15) is 14.4 Å². The van der Waals surface area contributed by atoms with E-state index in [-0.39, 0.29) is 46.5 Å². The van der Waals surface area contributed by atoms with Crippen molar-refractivity contribution in [3.05, 3.63) is 59.1 Å². The third-order valence-corrected chi connectivity index (χ3v) is 7.79. The van der Waals surface area contributed by atoms with Crippen molar-refractivity contribution in [2.75, 3.05) is 10.6 Å². The molecule has 8 heteroatoms. The normalized spacial score (nSPS) is 30.8. The first-order chi connectivity index (χ1) is 14.4. The van der Waals surface area contributed by atoms with E-state index in [2.05, 4.69) is 26.6 Å². The average Bonchev–Trinajstić information content (AvgIpc) is 3.34. The van der Waals surface area contributed by atoms with Crippen molar-refractivity contribution >= 4 is 56.7 Å². The molecule has 0 aromatic heterocycles. The van der Waals surface area contributed by atoms with Gasteiger partial charge in [-0.1, -0.05) is 27.5 Å². The summed E-state index contributed by atoms with van der Waals surface area (Å²) in [5.74, 6) is -1.21. The third-order valence-electron chi connectivity index (χ3n) is 6.34. The van der Waals surface area contributed by atoms with Gasteiger partial charge in [-0.25, -0.2) is 0 Å². The maximum absolute atomic E-state index is 12.9. The second-order valence-electron chi connectivity index (χ2n) is 7.99. The van der Waals surface area contributed by atoms with Gasteiger partial charge in [0.2, 0.25) is 5.91 Å². The number of fused-ring (bicyclic) bond motifs is 1. The van der Waals surface area contributed by atoms with Gasteiger partial charge in [0.1, 0.15) is 6.10 Å². The van der Waals surface area contributed by atoms with Gasteiger partial charge in [-0.15, -0.1) is 0 Å². The van der Waals surface area contributed by atoms with Crippen LogP contribution in [0.1, 0.15) is 16.8 Å². The Morgan fingerprint density at radius 1 is 0.967 bits per heavy atom. The number of hydrogen-bond acceptors (Lipinski definition) is 4. The first-order valence-corrected chi connectivity index (χ1v) is 11.0. The summed E-state index contributed by atoms with van der Waals surface area (Å²) in [4.78, 5) is 37.6. The lowest BCUT2D eigenvalue weighted by atomic mass is 9.79. The van der Waals surface area contributed by atoms with Gasteiger partial charge in [-0.05, 0) is 60.9 Å². The summed E-state index contributed by atoms with van der Waals surface area (Å²) in [6, 6.07) is 13.5. The van der Waals surface area contributed by atoms with Crippen molar-refractivity contribution in [3.63, 3.8) is 0 Å². The zero-order valence-corrected chi connectivity index (χ0v) is 18.0. The molecular weight excluding hydrogens is 472 g/mol. The van der Waals surface area contributed by atoms with Gasteiger partial charge in [0.05, 0.1) is 16.7 Å². The second-order valence-corrected chi connectivity index (χ2v) is 9.48. The Morgan fingerprint density at radius 3 is 2.30 bits per heavy atom. The van der Waals surface area contributed by atoms with Gasteiger partial charge in [-0.3, -0.25) is 14.4 Å². The Kier molecular flexibility index (Phi) is 4.82. The molecule has 3 fully saturated rings. The van der Waals surface area contributed by atoms with Gasteiger partial charge in [0, 0.05) is 27.9 Å². The third kappa shape index (κ3) is 3.20. The largest absolute Gasteiger partial charge is 0.461 e. The summed E-state index contributed by atoms with van der Waals surface area (Å²) < 4.78 is 5.46. The zero-order chi connectivity index (χ0) is 21.0. The van der Waals surface area contributed by atoms with Crippen molar-refractivity contribution in [3.8, 4) is 0 Å². The SMILES string of the molecule is O=C(Nc1ccc(Cl)cc1)c1ccc(NC(=O)[C@@H]2[C@H]3C[C@H]4[C@H](OC(=O)[C@H]42)[C@H]3Br)cc1. The van der Waals surface area contributed by atoms with Crippen LogP contribution in [0.25, 0.3) is 0 Å². The van der Waals surface area contributed by atoms with Gasteiger partial charge >= 0.3 is 5.97 Å². The van der Waals surface area contributed by atoms with E-state index in [1.165, 1.54) is 0 Å². The van der Waals surface area contributed by atoms with Crippen LogP contribution in [0.4, 0.5) is 11.4 Å². The number of alkyl halides is 1. The predicted molar refractivity (Wildman–Crippen MR) is 116 cm³/mol. The van der Waals surface area contributed by atoms with Crippen LogP contribution >= 0.6 is 27.5 Å². The first kappa shape index (κ1) is 19.6. The van der Waals surface area contributed by atoms with Crippen LogP contribution in [0.15, 0.2) is 48.5 Å². The number of ether oxygens (including phenoxy) is 1. The number of benzene rings is 2. The Morgan fingerprint density at radius 2 is 1.60 bits per heavy atom. The number of hydrogen-bond donors (Lipinski definition) is 2. The highest BCUT2D eigenvalue weighted by molar-refractivity contribution is 9.09. The summed E-state index contributed by atoms with van der Waals surface area (Å²) in [5.41, 5.74) is 1.69. The fraction of sp³-hybridized carbons (Fsp3) is 0.318. The molecule has 0 spiro atoms. The minimum Gasteiger partial charge on any atom is -0.461 e. The van der Waals surface area contributed by atoms with Crippen LogP contribution in [0.2, 0.25) is 5.02 Å². The number of rotatable bonds is 4. The van der Waals surface area contributed by atoms with Crippen LogP contribution < -0.4 is 10.6 Å². The quantitative estimate of drug-likeness (QED) is 0.500. The lowest BCUT2D eigenvalue weighted by molar-refractivity contribution is -0.145. The Labute approximate surface area is 186 Å². The van der Waals surface area contributed by atoms with E-state index in [1.54, 1.807) is 48.5 Å². The lowest BCUT2D eigenvalue weighted by Gasteiger charge is -2.27. The molecule has 6 nitrogen and oxygen atoms in total. The number of anilines is 2. The fourth-order valence-corrected chi connectivity index (χ4v) is 6.17. The molecule has 1 aliphatic heterocycles. The van der Waals surface area contributed by atoms with E-state index < -0.39 is 5.92 Å². The number of amides is 2. The second kappa shape index (κ2) is 7.39. The van der Waals surface area contributed by atoms with E-state index in [0.717, 1.165) is 6.42 Å². The highest BCUT2D eigenvalue weighted by Gasteiger charge is 2.67. The molecule has 5 rings (SSSR count). The van der Waals surface area contributed by atoms with Crippen molar-refractivity contribution in [1.29, 1.82) is 0 Å². The molecule has 6 atom stereocenters. The summed E-state index contributed by atoms with van der Waals surface area (Å²) in [6.45, 7) is 0. The predicted octanol–water partition coefficient (Wildman–Crippen LogP) is 4.10. The average molecular weight is 490 g/mol. The standard InChI is InChI=1S/C22H18BrClN2O4/c23-18-14-9-15-17(22(29)30-19(15)18)16(14)21(28)26-12-5-1-10(2-6-12)20(27)25-13-7-3-11(24)4-8-13/h1-8,14-19H,9H2,(H,25,27)(H,26,28)/t14-,15-,16-,17-,18+,19+/m1/s1. The highest BCUT2D eigenvalue weighted by atomic mass is 79.9. The summed E-state index contributed by atoms with van der Waals surface area (Å²) in [6.07, 6.45) is 0.730. The van der Waals surface area contributed by atoms with Crippen LogP contribution in [-0.4, -0.2) is 28.7 Å². The number of halogens is 2. The molecule has 0 radical (unpaired) electrons. The number of carbonyl (C=O) groups excluding carboxylic acids is 3. The molecule has 3 aliphatic rings. The number of carbonyl (C=O) groups is 3. The molecule has 1 heterocycles. The van der Waals surface area contributed by atoms with Crippen LogP contribution in [-0.2, 0) is 14.3 Å². The summed E-state index contributed by atoms with van der Waals surface area (Å²) >= 11 is 9.47. The maximum atomic E-state index is 12.9. The molecule has 2 bridgehead atoms. The minimum atomic E-state index is -0.390. The first-order valence-electron chi connectivity index (χ1n) is 9.75. The van der Waals surface area contributed by atoms with Crippen molar-refractivity contribution in [1.82, 2.24) is 0 Å². The van der Waals surface area contributed by atoms with Gasteiger partial charge in [-0.2, -0.15) is 0 Å². The molecule has 2 aliphatic carbocycles. The lowest BCUT2D eigenvalue weighted by Crippen LogP contribution is -2.40. The van der Waals surface area contributed by atoms with Gasteiger partial charge in [0.15, 0.2) is 0 Å². The van der Waals surface area contributed by atoms with Crippen molar-refractivity contribution < 1.29 is 19.1 Å². The van der Waals surface area contributed by atoms with Crippen LogP contribution in [0.5, 0.6) is 0 Å². The summed E-state index contributed by atoms with van der Waals surface area (Å²) in [7, 11) is 0. The monoisotopic (exact) mass is 488 g/mol. The molecule has 2 N–H and O–H groups in total. The number of esters is 1. The van der Waals surface area contributed by atoms with E-state index >= 15 is 0 Å². The minimum absolute atomic E-state index is 0.0277. The van der Waals surface area contributed by atoms with Crippen LogP contribution in [0.3, 0.4) is 0 Å². The fourth-order valence-electron chi connectivity index (χ4n) is 5.00. The highest BCUT2D eigenvalue weighted by Crippen LogP contribution is 2.60. The molecule has 2 aromatic rings. The molecule has 154 valence electrons. The Hall–Kier alpha value is -2.38. The molecule has 2 saturated carbocycles. The molecule has 30 heavy (non-hydrogen) atoms. The van der Waals surface area contributed by atoms with Gasteiger partial charge in [0.25, 0.3) is 5.91 Å². The van der Waals surface area contributed by atoms with E-state index in [1.807, 2.05) is 0 Å². The molecule has 2 aromatic carbocycles. The zero-order valence-electron chi connectivity index (χ0n) is 15.7. The Balaban J connectivity index is 1.25. The number of nitrogens with one attached hydrogen (secondary N) is 2. The van der Waals surface area contributed by atoms with Crippen LogP contribution in [0, 0.1) is 23.7 Å². The molecule has 0 unspecified atom stereocenters. The van der Waals surface area contributed by atoms with E-state index in [0.29, 0.717) is 22.0 Å².